The fourth-order valence-electron chi connectivity index (χ4n) is 1.95. The summed E-state index contributed by atoms with van der Waals surface area (Å²) in [5, 5.41) is 2.43. The normalized spacial score (nSPS) is 15.3. The van der Waals surface area contributed by atoms with E-state index in [1.807, 2.05) is 0 Å². The van der Waals surface area contributed by atoms with Gasteiger partial charge in [-0.2, -0.15) is 0 Å². The van der Waals surface area contributed by atoms with Crippen LogP contribution in [0.4, 0.5) is 0 Å². The number of hydrogen-bond acceptors (Lipinski definition) is 3. The van der Waals surface area contributed by atoms with E-state index in [1.54, 1.807) is 29.1 Å². The topological polar surface area (TPSA) is 12.9 Å². The fourth-order valence-corrected chi connectivity index (χ4v) is 3.12. The van der Waals surface area contributed by atoms with Crippen LogP contribution in [0.1, 0.15) is 24.0 Å². The lowest BCUT2D eigenvalue weighted by Gasteiger charge is -2.18. The van der Waals surface area contributed by atoms with Crippen molar-refractivity contribution in [2.24, 2.45) is 0 Å². The highest BCUT2D eigenvalue weighted by Crippen LogP contribution is 2.31. The van der Waals surface area contributed by atoms with Crippen molar-refractivity contribution in [2.75, 3.05) is 12.5 Å². The van der Waals surface area contributed by atoms with E-state index in [9.17, 15) is 0 Å². The lowest BCUT2D eigenvalue weighted by atomic mass is 9.94. The van der Waals surface area contributed by atoms with Crippen molar-refractivity contribution >= 4 is 23.5 Å². The molecular formula is C11H15NS2. The van der Waals surface area contributed by atoms with Gasteiger partial charge in [-0.05, 0) is 55.4 Å². The fraction of sp³-hybridized carbons (Fsp3) is 0.545. The Balaban J connectivity index is 2.47. The molecule has 14 heavy (non-hydrogen) atoms. The van der Waals surface area contributed by atoms with Crippen LogP contribution in [0.25, 0.3) is 0 Å². The molecule has 0 saturated heterocycles. The van der Waals surface area contributed by atoms with Crippen LogP contribution in [-0.2, 0) is 12.8 Å². The number of aryl methyl sites for hydroxylation is 1. The average molecular weight is 225 g/mol. The molecule has 3 heteroatoms. The predicted octanol–water partition coefficient (Wildman–Crippen LogP) is 3.40. The van der Waals surface area contributed by atoms with Gasteiger partial charge in [0, 0.05) is 0 Å². The summed E-state index contributed by atoms with van der Waals surface area (Å²) in [5.41, 5.74) is 3.06. The summed E-state index contributed by atoms with van der Waals surface area (Å²) < 4.78 is 0. The van der Waals surface area contributed by atoms with Gasteiger partial charge in [0.1, 0.15) is 5.03 Å². The first-order valence-electron chi connectivity index (χ1n) is 4.96. The molecule has 1 aliphatic rings. The molecule has 0 radical (unpaired) electrons. The van der Waals surface area contributed by atoms with Crippen LogP contribution in [0.15, 0.2) is 16.1 Å². The summed E-state index contributed by atoms with van der Waals surface area (Å²) in [5.74, 6) is 0. The lowest BCUT2D eigenvalue weighted by molar-refractivity contribution is 0.660. The maximum atomic E-state index is 4.65. The first-order chi connectivity index (χ1) is 6.85. The highest BCUT2D eigenvalue weighted by Gasteiger charge is 2.15. The Bertz CT molecular complexity index is 319. The smallest absolute Gasteiger partial charge is 0.101 e. The molecular weight excluding hydrogens is 210 g/mol. The van der Waals surface area contributed by atoms with Crippen molar-refractivity contribution in [3.8, 4) is 0 Å². The van der Waals surface area contributed by atoms with E-state index in [2.05, 4.69) is 23.6 Å². The van der Waals surface area contributed by atoms with Gasteiger partial charge in [0.2, 0.25) is 0 Å². The first-order valence-corrected chi connectivity index (χ1v) is 7.41. The summed E-state index contributed by atoms with van der Waals surface area (Å²) >= 11 is 3.54. The summed E-state index contributed by atoms with van der Waals surface area (Å²) in [6.07, 6.45) is 9.38. The Morgan fingerprint density at radius 2 is 1.93 bits per heavy atom. The van der Waals surface area contributed by atoms with E-state index in [0.717, 1.165) is 0 Å². The van der Waals surface area contributed by atoms with Gasteiger partial charge >= 0.3 is 0 Å². The number of fused-ring (bicyclic) bond motifs is 1. The maximum absolute atomic E-state index is 4.65. The van der Waals surface area contributed by atoms with Crippen LogP contribution in [0.3, 0.4) is 0 Å². The van der Waals surface area contributed by atoms with Crippen LogP contribution in [0.2, 0.25) is 0 Å². The van der Waals surface area contributed by atoms with Crippen LogP contribution in [-0.4, -0.2) is 17.5 Å². The molecule has 0 fully saturated rings. The number of nitrogens with zero attached hydrogens (tertiary/aromatic N) is 1. The van der Waals surface area contributed by atoms with Crippen LogP contribution in [0, 0.1) is 0 Å². The molecule has 0 spiro atoms. The van der Waals surface area contributed by atoms with Crippen LogP contribution in [0.5, 0.6) is 0 Å². The Kier molecular flexibility index (Phi) is 3.39. The standard InChI is InChI=1S/C11H15NS2/c1-13-10-7-8-5-3-4-6-9(8)11(12-10)14-2/h7H,3-6H2,1-2H3. The molecule has 1 aliphatic carbocycles. The van der Waals surface area contributed by atoms with E-state index in [1.165, 1.54) is 41.3 Å². The SMILES string of the molecule is CSc1cc2c(c(SC)n1)CCCC2. The predicted molar refractivity (Wildman–Crippen MR) is 64.4 cm³/mol. The largest absolute Gasteiger partial charge is 0.235 e. The molecule has 0 N–H and O–H groups in total. The Morgan fingerprint density at radius 1 is 1.14 bits per heavy atom. The van der Waals surface area contributed by atoms with E-state index < -0.39 is 0 Å². The molecule has 76 valence electrons. The molecule has 0 aliphatic heterocycles. The van der Waals surface area contributed by atoms with Crippen molar-refractivity contribution in [3.05, 3.63) is 17.2 Å². The molecule has 0 atom stereocenters. The second-order valence-corrected chi connectivity index (χ2v) is 5.14. The van der Waals surface area contributed by atoms with Crippen molar-refractivity contribution in [1.29, 1.82) is 0 Å². The molecule has 1 heterocycles. The maximum Gasteiger partial charge on any atom is 0.101 e. The molecule has 0 amide bonds. The number of rotatable bonds is 2. The molecule has 1 nitrogen and oxygen atoms in total. The zero-order valence-corrected chi connectivity index (χ0v) is 10.3. The minimum absolute atomic E-state index is 1.18. The van der Waals surface area contributed by atoms with Gasteiger partial charge in [0.25, 0.3) is 0 Å². The van der Waals surface area contributed by atoms with Crippen molar-refractivity contribution in [2.45, 2.75) is 35.7 Å². The average Bonchev–Trinajstić information content (AvgIpc) is 2.27. The lowest BCUT2D eigenvalue weighted by Crippen LogP contribution is -2.06. The van der Waals surface area contributed by atoms with Gasteiger partial charge in [-0.25, -0.2) is 4.98 Å². The molecule has 0 unspecified atom stereocenters. The zero-order valence-electron chi connectivity index (χ0n) is 8.67. The molecule has 1 aromatic heterocycles. The molecule has 1 aromatic rings. The van der Waals surface area contributed by atoms with Crippen molar-refractivity contribution < 1.29 is 0 Å². The molecule has 0 aromatic carbocycles. The van der Waals surface area contributed by atoms with Gasteiger partial charge in [-0.15, -0.1) is 23.5 Å². The Morgan fingerprint density at radius 3 is 2.64 bits per heavy atom. The molecule has 0 saturated carbocycles. The molecule has 0 bridgehead atoms. The summed E-state index contributed by atoms with van der Waals surface area (Å²) in [4.78, 5) is 4.65. The molecule has 2 rings (SSSR count). The summed E-state index contributed by atoms with van der Waals surface area (Å²) in [6.45, 7) is 0. The summed E-state index contributed by atoms with van der Waals surface area (Å²) in [6, 6.07) is 2.28. The second kappa shape index (κ2) is 4.58. The third-order valence-electron chi connectivity index (χ3n) is 2.68. The Labute approximate surface area is 94.1 Å². The quantitative estimate of drug-likeness (QED) is 0.716. The van der Waals surface area contributed by atoms with Gasteiger partial charge in [0.15, 0.2) is 0 Å². The number of hydrogen-bond donors (Lipinski definition) is 0. The summed E-state index contributed by atoms with van der Waals surface area (Å²) in [7, 11) is 0. The highest BCUT2D eigenvalue weighted by molar-refractivity contribution is 7.99. The monoisotopic (exact) mass is 225 g/mol. The van der Waals surface area contributed by atoms with Crippen LogP contribution >= 0.6 is 23.5 Å². The van der Waals surface area contributed by atoms with E-state index in [-0.39, 0.29) is 0 Å². The zero-order chi connectivity index (χ0) is 9.97. The van der Waals surface area contributed by atoms with E-state index in [4.69, 9.17) is 0 Å². The Hall–Kier alpha value is -0.150. The van der Waals surface area contributed by atoms with Crippen molar-refractivity contribution in [1.82, 2.24) is 4.98 Å². The van der Waals surface area contributed by atoms with E-state index in [0.29, 0.717) is 0 Å². The number of aromatic nitrogens is 1. The minimum atomic E-state index is 1.18. The third kappa shape index (κ3) is 1.94. The number of thioether (sulfide) groups is 2. The first kappa shape index (κ1) is 10.4. The van der Waals surface area contributed by atoms with Gasteiger partial charge in [-0.3, -0.25) is 0 Å². The van der Waals surface area contributed by atoms with Gasteiger partial charge in [0.05, 0.1) is 5.03 Å². The minimum Gasteiger partial charge on any atom is -0.235 e. The van der Waals surface area contributed by atoms with Crippen LogP contribution < -0.4 is 0 Å². The number of pyridine rings is 1. The highest BCUT2D eigenvalue weighted by atomic mass is 32.2. The third-order valence-corrected chi connectivity index (χ3v) is 4.03. The van der Waals surface area contributed by atoms with E-state index >= 15 is 0 Å². The van der Waals surface area contributed by atoms with Crippen molar-refractivity contribution in [3.63, 3.8) is 0 Å². The van der Waals surface area contributed by atoms with Gasteiger partial charge in [-0.1, -0.05) is 0 Å². The van der Waals surface area contributed by atoms with Gasteiger partial charge < -0.3 is 0 Å². The second-order valence-electron chi connectivity index (χ2n) is 3.52.